The van der Waals surface area contributed by atoms with E-state index in [0.29, 0.717) is 28.6 Å². The average molecular weight is 371 g/mol. The summed E-state index contributed by atoms with van der Waals surface area (Å²) in [6.07, 6.45) is 1.04. The minimum absolute atomic E-state index is 0.0516. The SMILES string of the molecule is CN(CC(=O)Nc1c(Cl)cccc1Cl)C(=O)CCc1ccsc1. The van der Waals surface area contributed by atoms with Crippen molar-refractivity contribution in [2.45, 2.75) is 12.8 Å². The topological polar surface area (TPSA) is 49.4 Å². The zero-order valence-electron chi connectivity index (χ0n) is 12.5. The van der Waals surface area contributed by atoms with Crippen LogP contribution in [0.4, 0.5) is 5.69 Å². The normalized spacial score (nSPS) is 10.4. The van der Waals surface area contributed by atoms with Gasteiger partial charge >= 0.3 is 0 Å². The molecule has 1 heterocycles. The van der Waals surface area contributed by atoms with Crippen molar-refractivity contribution in [3.63, 3.8) is 0 Å². The lowest BCUT2D eigenvalue weighted by Gasteiger charge is -2.17. The van der Waals surface area contributed by atoms with Gasteiger partial charge in [-0.05, 0) is 40.9 Å². The molecule has 1 N–H and O–H groups in total. The van der Waals surface area contributed by atoms with Crippen LogP contribution in [0.1, 0.15) is 12.0 Å². The maximum atomic E-state index is 12.1. The van der Waals surface area contributed by atoms with Crippen LogP contribution in [-0.4, -0.2) is 30.3 Å². The first-order chi connectivity index (χ1) is 11.0. The molecule has 1 aromatic carbocycles. The molecule has 2 aromatic rings. The lowest BCUT2D eigenvalue weighted by atomic mass is 10.2. The van der Waals surface area contributed by atoms with Crippen molar-refractivity contribution in [3.05, 3.63) is 50.6 Å². The number of aryl methyl sites for hydroxylation is 1. The molecule has 0 radical (unpaired) electrons. The number of thiophene rings is 1. The zero-order chi connectivity index (χ0) is 16.8. The number of hydrogen-bond donors (Lipinski definition) is 1. The molecular weight excluding hydrogens is 355 g/mol. The van der Waals surface area contributed by atoms with Crippen molar-refractivity contribution in [2.24, 2.45) is 0 Å². The van der Waals surface area contributed by atoms with E-state index < -0.39 is 0 Å². The number of anilines is 1. The molecule has 0 bridgehead atoms. The number of carbonyl (C=O) groups excluding carboxylic acids is 2. The van der Waals surface area contributed by atoms with E-state index in [2.05, 4.69) is 5.32 Å². The molecule has 0 aliphatic carbocycles. The number of nitrogens with zero attached hydrogens (tertiary/aromatic N) is 1. The fourth-order valence-electron chi connectivity index (χ4n) is 1.98. The third-order valence-corrected chi connectivity index (χ3v) is 4.60. The van der Waals surface area contributed by atoms with Crippen LogP contribution in [0.5, 0.6) is 0 Å². The fourth-order valence-corrected chi connectivity index (χ4v) is 3.17. The van der Waals surface area contributed by atoms with Crippen molar-refractivity contribution in [3.8, 4) is 0 Å². The number of halogens is 2. The predicted octanol–water partition coefficient (Wildman–Crippen LogP) is 4.08. The lowest BCUT2D eigenvalue weighted by Crippen LogP contribution is -2.35. The molecule has 0 atom stereocenters. The summed E-state index contributed by atoms with van der Waals surface area (Å²) in [6.45, 7) is -0.0516. The molecule has 1 aromatic heterocycles. The second kappa shape index (κ2) is 8.34. The predicted molar refractivity (Wildman–Crippen MR) is 95.4 cm³/mol. The highest BCUT2D eigenvalue weighted by atomic mass is 35.5. The van der Waals surface area contributed by atoms with Crippen molar-refractivity contribution in [2.75, 3.05) is 18.9 Å². The van der Waals surface area contributed by atoms with E-state index in [1.807, 2.05) is 16.8 Å². The molecule has 0 aliphatic heterocycles. The quantitative estimate of drug-likeness (QED) is 0.832. The van der Waals surface area contributed by atoms with Crippen molar-refractivity contribution >= 4 is 52.0 Å². The second-order valence-corrected chi connectivity index (χ2v) is 6.62. The number of benzene rings is 1. The second-order valence-electron chi connectivity index (χ2n) is 5.03. The summed E-state index contributed by atoms with van der Waals surface area (Å²) >= 11 is 13.6. The Labute approximate surface area is 149 Å². The summed E-state index contributed by atoms with van der Waals surface area (Å²) in [7, 11) is 1.60. The summed E-state index contributed by atoms with van der Waals surface area (Å²) in [6, 6.07) is 6.96. The van der Waals surface area contributed by atoms with Gasteiger partial charge in [0.25, 0.3) is 0 Å². The number of amides is 2. The molecule has 2 amide bonds. The molecule has 4 nitrogen and oxygen atoms in total. The Morgan fingerprint density at radius 2 is 1.91 bits per heavy atom. The van der Waals surface area contributed by atoms with Gasteiger partial charge in [0.05, 0.1) is 22.3 Å². The van der Waals surface area contributed by atoms with Gasteiger partial charge < -0.3 is 10.2 Å². The minimum Gasteiger partial charge on any atom is -0.336 e. The number of carbonyl (C=O) groups is 2. The summed E-state index contributed by atoms with van der Waals surface area (Å²) in [5, 5.41) is 7.35. The minimum atomic E-state index is -0.341. The van der Waals surface area contributed by atoms with Crippen LogP contribution in [-0.2, 0) is 16.0 Å². The van der Waals surface area contributed by atoms with Gasteiger partial charge in [-0.15, -0.1) is 0 Å². The van der Waals surface area contributed by atoms with Gasteiger partial charge in [0, 0.05) is 13.5 Å². The Morgan fingerprint density at radius 1 is 1.22 bits per heavy atom. The van der Waals surface area contributed by atoms with Crippen molar-refractivity contribution < 1.29 is 9.59 Å². The summed E-state index contributed by atoms with van der Waals surface area (Å²) in [5.74, 6) is -0.428. The molecule has 23 heavy (non-hydrogen) atoms. The molecule has 2 rings (SSSR count). The maximum Gasteiger partial charge on any atom is 0.244 e. The third-order valence-electron chi connectivity index (χ3n) is 3.24. The Morgan fingerprint density at radius 3 is 2.52 bits per heavy atom. The van der Waals surface area contributed by atoms with Crippen molar-refractivity contribution in [1.82, 2.24) is 4.90 Å². The monoisotopic (exact) mass is 370 g/mol. The summed E-state index contributed by atoms with van der Waals surface area (Å²) in [5.41, 5.74) is 1.49. The molecule has 0 aliphatic rings. The number of hydrogen-bond acceptors (Lipinski definition) is 3. The van der Waals surface area contributed by atoms with Gasteiger partial charge in [-0.3, -0.25) is 9.59 Å². The average Bonchev–Trinajstić information content (AvgIpc) is 3.02. The Bertz CT molecular complexity index is 669. The third kappa shape index (κ3) is 5.23. The highest BCUT2D eigenvalue weighted by molar-refractivity contribution is 7.07. The molecular formula is C16H16Cl2N2O2S. The van der Waals surface area contributed by atoms with Gasteiger partial charge in [-0.2, -0.15) is 11.3 Å². The highest BCUT2D eigenvalue weighted by Crippen LogP contribution is 2.29. The van der Waals surface area contributed by atoms with Crippen LogP contribution in [0, 0.1) is 0 Å². The zero-order valence-corrected chi connectivity index (χ0v) is 14.8. The van der Waals surface area contributed by atoms with Crippen LogP contribution in [0.25, 0.3) is 0 Å². The van der Waals surface area contributed by atoms with E-state index in [1.165, 1.54) is 4.90 Å². The Kier molecular flexibility index (Phi) is 6.45. The highest BCUT2D eigenvalue weighted by Gasteiger charge is 2.15. The van der Waals surface area contributed by atoms with Gasteiger partial charge in [-0.25, -0.2) is 0 Å². The standard InChI is InChI=1S/C16H16Cl2N2O2S/c1-20(15(22)6-5-11-7-8-23-10-11)9-14(21)19-16-12(17)3-2-4-13(16)18/h2-4,7-8,10H,5-6,9H2,1H3,(H,19,21). The van der Waals surface area contributed by atoms with Gasteiger partial charge in [0.15, 0.2) is 0 Å². The van der Waals surface area contributed by atoms with E-state index in [9.17, 15) is 9.59 Å². The van der Waals surface area contributed by atoms with E-state index >= 15 is 0 Å². The van der Waals surface area contributed by atoms with E-state index in [4.69, 9.17) is 23.2 Å². The Hall–Kier alpha value is -1.56. The van der Waals surface area contributed by atoms with Crippen molar-refractivity contribution in [1.29, 1.82) is 0 Å². The molecule has 0 unspecified atom stereocenters. The first-order valence-corrected chi connectivity index (χ1v) is 8.66. The van der Waals surface area contributed by atoms with E-state index in [0.717, 1.165) is 5.56 Å². The van der Waals surface area contributed by atoms with Crippen LogP contribution in [0.2, 0.25) is 10.0 Å². The number of nitrogens with one attached hydrogen (secondary N) is 1. The molecule has 0 saturated carbocycles. The number of likely N-dealkylation sites (N-methyl/N-ethyl adjacent to an activating group) is 1. The van der Waals surface area contributed by atoms with Gasteiger partial charge in [-0.1, -0.05) is 29.3 Å². The molecule has 0 fully saturated rings. The molecule has 122 valence electrons. The summed E-state index contributed by atoms with van der Waals surface area (Å²) < 4.78 is 0. The van der Waals surface area contributed by atoms with Gasteiger partial charge in [0.1, 0.15) is 0 Å². The number of rotatable bonds is 6. The largest absolute Gasteiger partial charge is 0.336 e. The molecule has 0 spiro atoms. The Balaban J connectivity index is 1.85. The van der Waals surface area contributed by atoms with Crippen LogP contribution >= 0.6 is 34.5 Å². The van der Waals surface area contributed by atoms with Gasteiger partial charge in [0.2, 0.25) is 11.8 Å². The number of para-hydroxylation sites is 1. The lowest BCUT2D eigenvalue weighted by molar-refractivity contribution is -0.133. The first-order valence-electron chi connectivity index (χ1n) is 6.96. The fraction of sp³-hybridized carbons (Fsp3) is 0.250. The van der Waals surface area contributed by atoms with E-state index in [-0.39, 0.29) is 18.4 Å². The molecule has 7 heteroatoms. The first kappa shape index (κ1) is 17.8. The van der Waals surface area contributed by atoms with Crippen LogP contribution in [0.3, 0.4) is 0 Å². The van der Waals surface area contributed by atoms with Crippen LogP contribution in [0.15, 0.2) is 35.0 Å². The smallest absolute Gasteiger partial charge is 0.244 e. The maximum absolute atomic E-state index is 12.1. The molecule has 0 saturated heterocycles. The summed E-state index contributed by atoms with van der Waals surface area (Å²) in [4.78, 5) is 25.5. The van der Waals surface area contributed by atoms with Crippen LogP contribution < -0.4 is 5.32 Å². The van der Waals surface area contributed by atoms with E-state index in [1.54, 1.807) is 36.6 Å².